The summed E-state index contributed by atoms with van der Waals surface area (Å²) < 4.78 is 16.4. The smallest absolute Gasteiger partial charge is 0.457 e. The summed E-state index contributed by atoms with van der Waals surface area (Å²) in [6.45, 7) is 0. The standard InChI is InChI=1S/C12H9O3P/c13-16(14)12-8-4-7-11(9-12)15-10-5-2-1-3-6-10/h1-9H/p+1. The summed E-state index contributed by atoms with van der Waals surface area (Å²) >= 11 is 0. The van der Waals surface area contributed by atoms with E-state index < -0.39 is 8.03 Å². The number of rotatable bonds is 3. The molecule has 80 valence electrons. The summed E-state index contributed by atoms with van der Waals surface area (Å²) in [5.74, 6) is 1.26. The Morgan fingerprint density at radius 2 is 1.62 bits per heavy atom. The maximum atomic E-state index is 10.9. The highest BCUT2D eigenvalue weighted by Crippen LogP contribution is 2.22. The van der Waals surface area contributed by atoms with Crippen molar-refractivity contribution in [3.8, 4) is 11.5 Å². The molecule has 0 spiro atoms. The van der Waals surface area contributed by atoms with Gasteiger partial charge in [-0.2, -0.15) is 4.89 Å². The van der Waals surface area contributed by atoms with Crippen molar-refractivity contribution in [1.82, 2.24) is 0 Å². The van der Waals surface area contributed by atoms with E-state index in [1.165, 1.54) is 0 Å². The van der Waals surface area contributed by atoms with Crippen molar-refractivity contribution in [2.75, 3.05) is 0 Å². The predicted molar refractivity (Wildman–Crippen MR) is 62.4 cm³/mol. The summed E-state index contributed by atoms with van der Waals surface area (Å²) in [7, 11) is -2.32. The fourth-order valence-electron chi connectivity index (χ4n) is 1.29. The third-order valence-electron chi connectivity index (χ3n) is 2.02. The van der Waals surface area contributed by atoms with Crippen molar-refractivity contribution in [2.45, 2.75) is 0 Å². The van der Waals surface area contributed by atoms with Gasteiger partial charge in [-0.05, 0) is 28.8 Å². The zero-order valence-corrected chi connectivity index (χ0v) is 9.30. The molecule has 2 rings (SSSR count). The maximum absolute atomic E-state index is 10.9. The Bertz CT molecular complexity index is 497. The minimum atomic E-state index is -2.32. The third-order valence-corrected chi connectivity index (χ3v) is 2.74. The Kier molecular flexibility index (Phi) is 3.30. The van der Waals surface area contributed by atoms with Crippen molar-refractivity contribution < 1.29 is 14.2 Å². The Morgan fingerprint density at radius 1 is 0.938 bits per heavy atom. The van der Waals surface area contributed by atoms with Crippen LogP contribution in [-0.2, 0) is 4.57 Å². The highest BCUT2D eigenvalue weighted by atomic mass is 31.1. The Balaban J connectivity index is 2.22. The van der Waals surface area contributed by atoms with E-state index in [0.717, 1.165) is 0 Å². The Morgan fingerprint density at radius 3 is 2.31 bits per heavy atom. The van der Waals surface area contributed by atoms with Crippen molar-refractivity contribution in [3.05, 3.63) is 54.6 Å². The van der Waals surface area contributed by atoms with Gasteiger partial charge in [-0.25, -0.2) is 0 Å². The average Bonchev–Trinajstić information content (AvgIpc) is 2.30. The molecule has 0 aliphatic rings. The molecular formula is C12H10O3P+. The largest absolute Gasteiger partial charge is 0.546 e. The van der Waals surface area contributed by atoms with E-state index in [0.29, 0.717) is 16.8 Å². The quantitative estimate of drug-likeness (QED) is 0.829. The Labute approximate surface area is 94.2 Å². The van der Waals surface area contributed by atoms with Gasteiger partial charge < -0.3 is 4.74 Å². The van der Waals surface area contributed by atoms with Gasteiger partial charge in [-0.3, -0.25) is 0 Å². The molecule has 1 atom stereocenters. The van der Waals surface area contributed by atoms with E-state index in [9.17, 15) is 4.57 Å². The summed E-state index contributed by atoms with van der Waals surface area (Å²) in [5, 5.41) is 0.364. The number of hydrogen-bond acceptors (Lipinski definition) is 2. The molecule has 2 aromatic rings. The van der Waals surface area contributed by atoms with Gasteiger partial charge in [0.05, 0.1) is 0 Å². The van der Waals surface area contributed by atoms with Crippen LogP contribution in [0.3, 0.4) is 0 Å². The van der Waals surface area contributed by atoms with Crippen LogP contribution >= 0.6 is 8.03 Å². The van der Waals surface area contributed by atoms with E-state index >= 15 is 0 Å². The maximum Gasteiger partial charge on any atom is 0.546 e. The van der Waals surface area contributed by atoms with Crippen molar-refractivity contribution in [3.63, 3.8) is 0 Å². The van der Waals surface area contributed by atoms with Gasteiger partial charge in [-0.15, -0.1) is 0 Å². The second-order valence-electron chi connectivity index (χ2n) is 3.19. The minimum absolute atomic E-state index is 0.364. The molecule has 0 bridgehead atoms. The lowest BCUT2D eigenvalue weighted by Crippen LogP contribution is -1.95. The fraction of sp³-hybridized carbons (Fsp3) is 0. The molecule has 0 heterocycles. The number of para-hydroxylation sites is 1. The topological polar surface area (TPSA) is 46.5 Å². The molecule has 0 saturated heterocycles. The molecule has 3 nitrogen and oxygen atoms in total. The average molecular weight is 233 g/mol. The van der Waals surface area contributed by atoms with E-state index in [2.05, 4.69) is 0 Å². The molecule has 0 amide bonds. The SMILES string of the molecule is O=[P+](O)c1cccc(Oc2ccccc2)c1. The van der Waals surface area contributed by atoms with Crippen molar-refractivity contribution >= 4 is 13.3 Å². The lowest BCUT2D eigenvalue weighted by Gasteiger charge is -2.03. The van der Waals surface area contributed by atoms with Gasteiger partial charge in [0.15, 0.2) is 0 Å². The van der Waals surface area contributed by atoms with Crippen LogP contribution in [0.5, 0.6) is 11.5 Å². The van der Waals surface area contributed by atoms with Crippen LogP contribution in [0.25, 0.3) is 0 Å². The molecule has 0 aliphatic carbocycles. The van der Waals surface area contributed by atoms with Gasteiger partial charge in [0, 0.05) is 6.07 Å². The highest BCUT2D eigenvalue weighted by Gasteiger charge is 2.16. The van der Waals surface area contributed by atoms with Crippen LogP contribution in [-0.4, -0.2) is 4.89 Å². The highest BCUT2D eigenvalue weighted by molar-refractivity contribution is 7.47. The molecule has 0 fully saturated rings. The molecular weight excluding hydrogens is 223 g/mol. The lowest BCUT2D eigenvalue weighted by atomic mass is 10.3. The van der Waals surface area contributed by atoms with Crippen molar-refractivity contribution in [1.29, 1.82) is 0 Å². The second kappa shape index (κ2) is 4.88. The first-order valence-electron chi connectivity index (χ1n) is 4.75. The summed E-state index contributed by atoms with van der Waals surface area (Å²) in [6, 6.07) is 15.9. The van der Waals surface area contributed by atoms with E-state index in [1.807, 2.05) is 30.3 Å². The van der Waals surface area contributed by atoms with Crippen LogP contribution < -0.4 is 10.0 Å². The number of benzene rings is 2. The first-order valence-corrected chi connectivity index (χ1v) is 5.96. The lowest BCUT2D eigenvalue weighted by molar-refractivity contribution is 0.482. The molecule has 0 aliphatic heterocycles. The van der Waals surface area contributed by atoms with E-state index in [4.69, 9.17) is 9.63 Å². The van der Waals surface area contributed by atoms with Gasteiger partial charge in [-0.1, -0.05) is 24.3 Å². The molecule has 0 saturated carbocycles. The van der Waals surface area contributed by atoms with Crippen LogP contribution in [0.15, 0.2) is 54.6 Å². The zero-order valence-electron chi connectivity index (χ0n) is 8.41. The summed E-state index contributed by atoms with van der Waals surface area (Å²) in [5.41, 5.74) is 0. The Hall–Kier alpha value is -1.70. The second-order valence-corrected chi connectivity index (χ2v) is 4.25. The molecule has 1 N–H and O–H groups in total. The summed E-state index contributed by atoms with van der Waals surface area (Å²) in [6.07, 6.45) is 0. The van der Waals surface area contributed by atoms with Gasteiger partial charge in [0.25, 0.3) is 0 Å². The van der Waals surface area contributed by atoms with Crippen LogP contribution in [0.4, 0.5) is 0 Å². The first kappa shape index (κ1) is 10.8. The number of ether oxygens (including phenoxy) is 1. The van der Waals surface area contributed by atoms with Crippen molar-refractivity contribution in [2.24, 2.45) is 0 Å². The van der Waals surface area contributed by atoms with Crippen LogP contribution in [0.1, 0.15) is 0 Å². The number of hydrogen-bond donors (Lipinski definition) is 1. The summed E-state index contributed by atoms with van der Waals surface area (Å²) in [4.78, 5) is 8.97. The van der Waals surface area contributed by atoms with Gasteiger partial charge in [0.1, 0.15) is 11.5 Å². The third kappa shape index (κ3) is 2.66. The van der Waals surface area contributed by atoms with Crippen LogP contribution in [0, 0.1) is 0 Å². The molecule has 16 heavy (non-hydrogen) atoms. The molecule has 4 heteroatoms. The molecule has 2 aromatic carbocycles. The van der Waals surface area contributed by atoms with Gasteiger partial charge >= 0.3 is 8.03 Å². The predicted octanol–water partition coefficient (Wildman–Crippen LogP) is 2.84. The zero-order chi connectivity index (χ0) is 11.4. The monoisotopic (exact) mass is 233 g/mol. The molecule has 0 aromatic heterocycles. The first-order chi connectivity index (χ1) is 7.75. The fourth-order valence-corrected chi connectivity index (χ4v) is 1.74. The van der Waals surface area contributed by atoms with E-state index in [1.54, 1.807) is 24.3 Å². The van der Waals surface area contributed by atoms with Crippen LogP contribution in [0.2, 0.25) is 0 Å². The van der Waals surface area contributed by atoms with E-state index in [-0.39, 0.29) is 0 Å². The molecule has 1 unspecified atom stereocenters. The molecule has 0 radical (unpaired) electrons. The van der Waals surface area contributed by atoms with Gasteiger partial charge in [0.2, 0.25) is 5.30 Å². The minimum Gasteiger partial charge on any atom is -0.457 e. The normalized spacial score (nSPS) is 10.9.